The van der Waals surface area contributed by atoms with Crippen LogP contribution in [0.4, 0.5) is 5.82 Å². The minimum absolute atomic E-state index is 0.0834. The molecule has 1 aliphatic heterocycles. The van der Waals surface area contributed by atoms with Gasteiger partial charge in [-0.25, -0.2) is 14.6 Å². The Morgan fingerprint density at radius 1 is 1.24 bits per heavy atom. The van der Waals surface area contributed by atoms with Crippen molar-refractivity contribution in [1.29, 1.82) is 0 Å². The van der Waals surface area contributed by atoms with Gasteiger partial charge in [-0.2, -0.15) is 5.10 Å². The average Bonchev–Trinajstić information content (AvgIpc) is 2.91. The zero-order valence-electron chi connectivity index (χ0n) is 13.1. The zero-order valence-corrected chi connectivity index (χ0v) is 13.1. The van der Waals surface area contributed by atoms with Crippen LogP contribution in [0.2, 0.25) is 0 Å². The molecule has 1 aliphatic rings. The largest absolute Gasteiger partial charge is 0.356 e. The van der Waals surface area contributed by atoms with Crippen molar-refractivity contribution in [3.8, 4) is 0 Å². The minimum Gasteiger partial charge on any atom is -0.356 e. The van der Waals surface area contributed by atoms with E-state index in [-0.39, 0.29) is 5.54 Å². The summed E-state index contributed by atoms with van der Waals surface area (Å²) in [5.74, 6) is 1.65. The van der Waals surface area contributed by atoms with Crippen molar-refractivity contribution in [1.82, 2.24) is 19.7 Å². The summed E-state index contributed by atoms with van der Waals surface area (Å²) < 4.78 is 1.97. The Morgan fingerprint density at radius 2 is 1.95 bits per heavy atom. The van der Waals surface area contributed by atoms with Gasteiger partial charge in [0.15, 0.2) is 5.65 Å². The summed E-state index contributed by atoms with van der Waals surface area (Å²) in [7, 11) is 0. The summed E-state index contributed by atoms with van der Waals surface area (Å²) in [6, 6.07) is 0. The summed E-state index contributed by atoms with van der Waals surface area (Å²) in [5.41, 5.74) is 6.60. The molecule has 2 aromatic heterocycles. The molecule has 114 valence electrons. The number of anilines is 1. The maximum atomic E-state index is 5.77. The maximum absolute atomic E-state index is 5.77. The lowest BCUT2D eigenvalue weighted by atomic mass is 9.97. The molecule has 6 nitrogen and oxygen atoms in total. The van der Waals surface area contributed by atoms with E-state index in [1.54, 1.807) is 6.33 Å². The Balaban J connectivity index is 1.95. The fourth-order valence-corrected chi connectivity index (χ4v) is 2.96. The van der Waals surface area contributed by atoms with Crippen LogP contribution in [0.25, 0.3) is 11.0 Å². The monoisotopic (exact) mass is 288 g/mol. The number of hydrogen-bond acceptors (Lipinski definition) is 5. The van der Waals surface area contributed by atoms with Gasteiger partial charge in [0.1, 0.15) is 12.1 Å². The van der Waals surface area contributed by atoms with E-state index in [9.17, 15) is 0 Å². The van der Waals surface area contributed by atoms with E-state index in [4.69, 9.17) is 5.73 Å². The summed E-state index contributed by atoms with van der Waals surface area (Å²) >= 11 is 0. The minimum atomic E-state index is -0.0834. The Morgan fingerprint density at radius 3 is 2.57 bits per heavy atom. The van der Waals surface area contributed by atoms with Crippen LogP contribution in [0, 0.1) is 5.92 Å². The molecule has 6 heteroatoms. The Labute approximate surface area is 125 Å². The van der Waals surface area contributed by atoms with Crippen molar-refractivity contribution in [3.63, 3.8) is 0 Å². The first-order valence-electron chi connectivity index (χ1n) is 7.65. The summed E-state index contributed by atoms with van der Waals surface area (Å²) in [6.07, 6.45) is 5.81. The number of hydrogen-bond donors (Lipinski definition) is 1. The molecule has 0 saturated carbocycles. The van der Waals surface area contributed by atoms with Crippen molar-refractivity contribution in [2.24, 2.45) is 11.7 Å². The van der Waals surface area contributed by atoms with E-state index in [0.29, 0.717) is 5.92 Å². The molecular formula is C15H24N6. The standard InChI is InChI=1S/C15H24N6/c1-15(2,3)21-14-12(9-19-21)13(17-10-18-14)20-6-4-11(8-16)5-7-20/h9-11H,4-8,16H2,1-3H3. The maximum Gasteiger partial charge on any atom is 0.163 e. The van der Waals surface area contributed by atoms with Crippen LogP contribution in [0.3, 0.4) is 0 Å². The molecule has 2 aromatic rings. The van der Waals surface area contributed by atoms with Gasteiger partial charge in [-0.1, -0.05) is 0 Å². The van der Waals surface area contributed by atoms with E-state index < -0.39 is 0 Å². The third kappa shape index (κ3) is 2.60. The van der Waals surface area contributed by atoms with Crippen LogP contribution in [-0.4, -0.2) is 39.4 Å². The topological polar surface area (TPSA) is 72.9 Å². The zero-order chi connectivity index (χ0) is 15.0. The second-order valence-corrected chi connectivity index (χ2v) is 6.83. The molecule has 0 amide bonds. The van der Waals surface area contributed by atoms with Crippen molar-refractivity contribution in [2.75, 3.05) is 24.5 Å². The predicted octanol–water partition coefficient (Wildman–Crippen LogP) is 1.76. The van der Waals surface area contributed by atoms with Gasteiger partial charge in [-0.3, -0.25) is 0 Å². The fraction of sp³-hybridized carbons (Fsp3) is 0.667. The first-order valence-corrected chi connectivity index (χ1v) is 7.65. The lowest BCUT2D eigenvalue weighted by Crippen LogP contribution is -2.36. The molecule has 0 atom stereocenters. The van der Waals surface area contributed by atoms with Gasteiger partial charge < -0.3 is 10.6 Å². The van der Waals surface area contributed by atoms with E-state index in [2.05, 4.69) is 40.7 Å². The SMILES string of the molecule is CC(C)(C)n1ncc2c(N3CCC(CN)CC3)ncnc21. The highest BCUT2D eigenvalue weighted by molar-refractivity contribution is 5.86. The molecule has 0 bridgehead atoms. The lowest BCUT2D eigenvalue weighted by Gasteiger charge is -2.32. The van der Waals surface area contributed by atoms with Gasteiger partial charge >= 0.3 is 0 Å². The normalized spacial score (nSPS) is 17.6. The van der Waals surface area contributed by atoms with Gasteiger partial charge in [-0.15, -0.1) is 0 Å². The Bertz CT molecular complexity index is 619. The van der Waals surface area contributed by atoms with E-state index in [1.807, 2.05) is 10.9 Å². The third-order valence-electron chi connectivity index (χ3n) is 4.23. The van der Waals surface area contributed by atoms with Gasteiger partial charge in [-0.05, 0) is 46.1 Å². The first kappa shape index (κ1) is 14.3. The molecule has 0 unspecified atom stereocenters. The molecule has 3 rings (SSSR count). The molecule has 1 saturated heterocycles. The Kier molecular flexibility index (Phi) is 3.57. The summed E-state index contributed by atoms with van der Waals surface area (Å²) in [4.78, 5) is 11.3. The average molecular weight is 288 g/mol. The van der Waals surface area contributed by atoms with Crippen LogP contribution in [0.1, 0.15) is 33.6 Å². The van der Waals surface area contributed by atoms with Crippen molar-refractivity contribution in [3.05, 3.63) is 12.5 Å². The number of fused-ring (bicyclic) bond motifs is 1. The predicted molar refractivity (Wildman–Crippen MR) is 84.3 cm³/mol. The molecule has 21 heavy (non-hydrogen) atoms. The van der Waals surface area contributed by atoms with Gasteiger partial charge in [0, 0.05) is 13.1 Å². The van der Waals surface area contributed by atoms with Crippen molar-refractivity contribution < 1.29 is 0 Å². The highest BCUT2D eigenvalue weighted by atomic mass is 15.3. The smallest absolute Gasteiger partial charge is 0.163 e. The quantitative estimate of drug-likeness (QED) is 0.911. The fourth-order valence-electron chi connectivity index (χ4n) is 2.96. The third-order valence-corrected chi connectivity index (χ3v) is 4.23. The van der Waals surface area contributed by atoms with Crippen LogP contribution < -0.4 is 10.6 Å². The first-order chi connectivity index (χ1) is 10.0. The number of aromatic nitrogens is 4. The van der Waals surface area contributed by atoms with Crippen LogP contribution in [0.15, 0.2) is 12.5 Å². The van der Waals surface area contributed by atoms with Crippen LogP contribution >= 0.6 is 0 Å². The second-order valence-electron chi connectivity index (χ2n) is 6.83. The molecule has 0 aromatic carbocycles. The van der Waals surface area contributed by atoms with Crippen molar-refractivity contribution >= 4 is 16.9 Å². The number of rotatable bonds is 2. The number of nitrogens with zero attached hydrogens (tertiary/aromatic N) is 5. The highest BCUT2D eigenvalue weighted by Gasteiger charge is 2.24. The molecule has 2 N–H and O–H groups in total. The van der Waals surface area contributed by atoms with Gasteiger partial charge in [0.2, 0.25) is 0 Å². The lowest BCUT2D eigenvalue weighted by molar-refractivity contribution is 0.366. The Hall–Kier alpha value is -1.69. The molecule has 3 heterocycles. The van der Waals surface area contributed by atoms with Gasteiger partial charge in [0.05, 0.1) is 17.1 Å². The molecule has 1 fully saturated rings. The van der Waals surface area contributed by atoms with Crippen LogP contribution in [-0.2, 0) is 5.54 Å². The molecule has 0 radical (unpaired) electrons. The van der Waals surface area contributed by atoms with E-state index in [0.717, 1.165) is 49.3 Å². The van der Waals surface area contributed by atoms with Gasteiger partial charge in [0.25, 0.3) is 0 Å². The number of nitrogens with two attached hydrogens (primary N) is 1. The molecular weight excluding hydrogens is 264 g/mol. The second kappa shape index (κ2) is 5.26. The van der Waals surface area contributed by atoms with Crippen LogP contribution in [0.5, 0.6) is 0 Å². The summed E-state index contributed by atoms with van der Waals surface area (Å²) in [6.45, 7) is 9.20. The molecule has 0 aliphatic carbocycles. The number of piperidine rings is 1. The van der Waals surface area contributed by atoms with E-state index >= 15 is 0 Å². The van der Waals surface area contributed by atoms with Crippen molar-refractivity contribution in [2.45, 2.75) is 39.2 Å². The van der Waals surface area contributed by atoms with E-state index in [1.165, 1.54) is 0 Å². The highest BCUT2D eigenvalue weighted by Crippen LogP contribution is 2.29. The summed E-state index contributed by atoms with van der Waals surface area (Å²) in [5, 5.41) is 5.56. The molecule has 0 spiro atoms.